The minimum absolute atomic E-state index is 0.0485. The van der Waals surface area contributed by atoms with Gasteiger partial charge in [0.05, 0.1) is 5.56 Å². The fourth-order valence-corrected chi connectivity index (χ4v) is 3.43. The topological polar surface area (TPSA) is 79.3 Å². The largest absolute Gasteiger partial charge is 0.492 e. The number of carboxylic acids is 1. The second kappa shape index (κ2) is 9.51. The van der Waals surface area contributed by atoms with Crippen LogP contribution >= 0.6 is 0 Å². The molecule has 1 unspecified atom stereocenters. The van der Waals surface area contributed by atoms with Gasteiger partial charge in [-0.3, -0.25) is 9.69 Å². The summed E-state index contributed by atoms with van der Waals surface area (Å²) >= 11 is 0. The number of alkyl halides is 6. The molecule has 3 rings (SSSR count). The van der Waals surface area contributed by atoms with Crippen molar-refractivity contribution in [2.24, 2.45) is 5.41 Å². The molecule has 13 heteroatoms. The standard InChI is InChI=1S/C21H24F6N2O5/c1-13(20(22,23)24)34-18(32)29-6-4-28(5-7-29)11-14-8-15(21(25,26)27)10-16(9-14)33-12-19(2-3-19)17(30)31/h8-10,13H,2-7,11-12H2,1H3,(H,30,31). The highest BCUT2D eigenvalue weighted by Gasteiger charge is 2.51. The van der Waals surface area contributed by atoms with Crippen molar-refractivity contribution in [3.63, 3.8) is 0 Å². The fraction of sp³-hybridized carbons (Fsp3) is 0.619. The first-order valence-electron chi connectivity index (χ1n) is 10.5. The molecule has 0 aromatic heterocycles. The van der Waals surface area contributed by atoms with Crippen LogP contribution in [-0.2, 0) is 22.3 Å². The highest BCUT2D eigenvalue weighted by Crippen LogP contribution is 2.46. The summed E-state index contributed by atoms with van der Waals surface area (Å²) in [6.45, 7) is 1.09. The molecule has 0 radical (unpaired) electrons. The third-order valence-corrected chi connectivity index (χ3v) is 5.89. The van der Waals surface area contributed by atoms with E-state index in [1.54, 1.807) is 4.90 Å². The third-order valence-electron chi connectivity index (χ3n) is 5.89. The van der Waals surface area contributed by atoms with E-state index in [2.05, 4.69) is 4.74 Å². The van der Waals surface area contributed by atoms with Crippen molar-refractivity contribution in [2.45, 2.75) is 44.8 Å². The lowest BCUT2D eigenvalue weighted by Crippen LogP contribution is -2.49. The number of nitrogens with zero attached hydrogens (tertiary/aromatic N) is 2. The quantitative estimate of drug-likeness (QED) is 0.569. The van der Waals surface area contributed by atoms with Gasteiger partial charge in [-0.25, -0.2) is 4.79 Å². The zero-order chi connectivity index (χ0) is 25.3. The maximum Gasteiger partial charge on any atom is 0.425 e. The van der Waals surface area contributed by atoms with Crippen molar-refractivity contribution >= 4 is 12.1 Å². The lowest BCUT2D eigenvalue weighted by atomic mass is 10.1. The van der Waals surface area contributed by atoms with Gasteiger partial charge in [0.1, 0.15) is 17.8 Å². The number of carbonyl (C=O) groups is 2. The normalized spacial score (nSPS) is 19.4. The number of amides is 1. The van der Waals surface area contributed by atoms with Crippen molar-refractivity contribution in [2.75, 3.05) is 32.8 Å². The smallest absolute Gasteiger partial charge is 0.425 e. The molecule has 7 nitrogen and oxygen atoms in total. The summed E-state index contributed by atoms with van der Waals surface area (Å²) in [5.74, 6) is -1.15. The summed E-state index contributed by atoms with van der Waals surface area (Å²) in [5, 5.41) is 9.23. The van der Waals surface area contributed by atoms with Crippen LogP contribution in [0.1, 0.15) is 30.9 Å². The van der Waals surface area contributed by atoms with Crippen LogP contribution < -0.4 is 4.74 Å². The van der Waals surface area contributed by atoms with Gasteiger partial charge in [-0.15, -0.1) is 0 Å². The fourth-order valence-electron chi connectivity index (χ4n) is 3.43. The molecular formula is C21H24F6N2O5. The number of carbonyl (C=O) groups excluding carboxylic acids is 1. The number of carboxylic acid groups (broad SMARTS) is 1. The molecule has 1 atom stereocenters. The van der Waals surface area contributed by atoms with E-state index in [9.17, 15) is 41.0 Å². The first-order valence-corrected chi connectivity index (χ1v) is 10.5. The first kappa shape index (κ1) is 25.9. The zero-order valence-corrected chi connectivity index (χ0v) is 18.2. The van der Waals surface area contributed by atoms with E-state index in [0.29, 0.717) is 12.8 Å². The van der Waals surface area contributed by atoms with Gasteiger partial charge in [0, 0.05) is 32.7 Å². The summed E-state index contributed by atoms with van der Waals surface area (Å²) in [7, 11) is 0. The molecular weight excluding hydrogens is 474 g/mol. The van der Waals surface area contributed by atoms with Gasteiger partial charge in [-0.2, -0.15) is 26.3 Å². The van der Waals surface area contributed by atoms with Crippen LogP contribution in [0, 0.1) is 5.41 Å². The number of hydrogen-bond donors (Lipinski definition) is 1. The monoisotopic (exact) mass is 498 g/mol. The average Bonchev–Trinajstić information content (AvgIpc) is 3.53. The Morgan fingerprint density at radius 2 is 1.68 bits per heavy atom. The Kier molecular flexibility index (Phi) is 7.25. The average molecular weight is 498 g/mol. The number of benzene rings is 1. The molecule has 1 heterocycles. The van der Waals surface area contributed by atoms with Crippen molar-refractivity contribution in [3.8, 4) is 5.75 Å². The Balaban J connectivity index is 1.61. The minimum Gasteiger partial charge on any atom is -0.492 e. The predicted octanol–water partition coefficient (Wildman–Crippen LogP) is 4.15. The molecule has 1 N–H and O–H groups in total. The summed E-state index contributed by atoms with van der Waals surface area (Å²) < 4.78 is 87.6. The van der Waals surface area contributed by atoms with Gasteiger partial charge in [0.25, 0.3) is 0 Å². The summed E-state index contributed by atoms with van der Waals surface area (Å²) in [5.41, 5.74) is -1.74. The second-order valence-corrected chi connectivity index (χ2v) is 8.57. The lowest BCUT2D eigenvalue weighted by molar-refractivity contribution is -0.200. The van der Waals surface area contributed by atoms with Crippen LogP contribution in [0.5, 0.6) is 5.75 Å². The Bertz CT molecular complexity index is 908. The van der Waals surface area contributed by atoms with Crippen LogP contribution in [0.3, 0.4) is 0 Å². The molecule has 1 amide bonds. The van der Waals surface area contributed by atoms with Gasteiger partial charge in [-0.05, 0) is 43.5 Å². The molecule has 1 aromatic carbocycles. The number of rotatable bonds is 7. The van der Waals surface area contributed by atoms with Crippen molar-refractivity contribution < 1.29 is 50.5 Å². The van der Waals surface area contributed by atoms with Crippen molar-refractivity contribution in [3.05, 3.63) is 29.3 Å². The van der Waals surface area contributed by atoms with E-state index in [0.717, 1.165) is 24.0 Å². The Morgan fingerprint density at radius 1 is 1.06 bits per heavy atom. The lowest BCUT2D eigenvalue weighted by Gasteiger charge is -2.34. The molecule has 0 bridgehead atoms. The molecule has 1 aliphatic heterocycles. The molecule has 1 aromatic rings. The molecule has 34 heavy (non-hydrogen) atoms. The SMILES string of the molecule is CC(OC(=O)N1CCN(Cc2cc(OCC3(C(=O)O)CC3)cc(C(F)(F)F)c2)CC1)C(F)(F)F. The molecule has 1 aliphatic carbocycles. The maximum absolute atomic E-state index is 13.4. The van der Waals surface area contributed by atoms with Gasteiger partial charge in [0.15, 0.2) is 6.10 Å². The van der Waals surface area contributed by atoms with Crippen molar-refractivity contribution in [1.82, 2.24) is 9.80 Å². The van der Waals surface area contributed by atoms with Gasteiger partial charge in [0.2, 0.25) is 0 Å². The van der Waals surface area contributed by atoms with Gasteiger partial charge < -0.3 is 19.5 Å². The number of ether oxygens (including phenoxy) is 2. The van der Waals surface area contributed by atoms with Crippen molar-refractivity contribution in [1.29, 1.82) is 0 Å². The van der Waals surface area contributed by atoms with E-state index in [-0.39, 0.29) is 50.6 Å². The van der Waals surface area contributed by atoms with E-state index >= 15 is 0 Å². The Labute approximate surface area is 191 Å². The Hall–Kier alpha value is -2.70. The van der Waals surface area contributed by atoms with Crippen LogP contribution in [0.4, 0.5) is 31.1 Å². The number of halogens is 6. The van der Waals surface area contributed by atoms with E-state index in [1.807, 2.05) is 0 Å². The summed E-state index contributed by atoms with van der Waals surface area (Å²) in [6.07, 6.45) is -11.9. The van der Waals surface area contributed by atoms with E-state index < -0.39 is 41.5 Å². The van der Waals surface area contributed by atoms with Crippen LogP contribution in [0.2, 0.25) is 0 Å². The highest BCUT2D eigenvalue weighted by molar-refractivity contribution is 5.78. The predicted molar refractivity (Wildman–Crippen MR) is 105 cm³/mol. The summed E-state index contributed by atoms with van der Waals surface area (Å²) in [6, 6.07) is 3.18. The highest BCUT2D eigenvalue weighted by atomic mass is 19.4. The zero-order valence-electron chi connectivity index (χ0n) is 18.2. The Morgan fingerprint density at radius 3 is 2.18 bits per heavy atom. The molecule has 2 aliphatic rings. The minimum atomic E-state index is -4.68. The van der Waals surface area contributed by atoms with Gasteiger partial charge in [-0.1, -0.05) is 0 Å². The maximum atomic E-state index is 13.4. The molecule has 2 fully saturated rings. The van der Waals surface area contributed by atoms with Crippen LogP contribution in [0.15, 0.2) is 18.2 Å². The van der Waals surface area contributed by atoms with Gasteiger partial charge >= 0.3 is 24.4 Å². The molecule has 0 spiro atoms. The number of hydrogen-bond acceptors (Lipinski definition) is 5. The third kappa shape index (κ3) is 6.45. The van der Waals surface area contributed by atoms with Crippen LogP contribution in [0.25, 0.3) is 0 Å². The number of piperazine rings is 1. The molecule has 1 saturated heterocycles. The van der Waals surface area contributed by atoms with E-state index in [1.165, 1.54) is 6.07 Å². The second-order valence-electron chi connectivity index (χ2n) is 8.57. The van der Waals surface area contributed by atoms with Crippen LogP contribution in [-0.4, -0.2) is 72.0 Å². The summed E-state index contributed by atoms with van der Waals surface area (Å²) in [4.78, 5) is 26.1. The molecule has 1 saturated carbocycles. The number of aliphatic carboxylic acids is 1. The first-order chi connectivity index (χ1) is 15.7. The molecule has 190 valence electrons. The van der Waals surface area contributed by atoms with E-state index in [4.69, 9.17) is 4.74 Å².